The predicted octanol–water partition coefficient (Wildman–Crippen LogP) is 2.58. The third-order valence-electron chi connectivity index (χ3n) is 4.49. The summed E-state index contributed by atoms with van der Waals surface area (Å²) in [5, 5.41) is 11.8. The molecule has 1 aliphatic heterocycles. The van der Waals surface area contributed by atoms with Crippen LogP contribution in [-0.4, -0.2) is 51.5 Å². The predicted molar refractivity (Wildman–Crippen MR) is 97.8 cm³/mol. The van der Waals surface area contributed by atoms with Gasteiger partial charge >= 0.3 is 0 Å². The van der Waals surface area contributed by atoms with Crippen LogP contribution < -0.4 is 5.32 Å². The monoisotopic (exact) mass is 361 g/mol. The summed E-state index contributed by atoms with van der Waals surface area (Å²) in [4.78, 5) is 14.8. The number of hydrogen-bond acceptors (Lipinski definition) is 4. The maximum atomic E-state index is 12.4. The van der Waals surface area contributed by atoms with Crippen molar-refractivity contribution in [2.45, 2.75) is 38.8 Å². The minimum Gasteiger partial charge on any atom is -0.348 e. The van der Waals surface area contributed by atoms with E-state index in [0.29, 0.717) is 17.3 Å². The van der Waals surface area contributed by atoms with Crippen LogP contribution in [0.3, 0.4) is 0 Å². The van der Waals surface area contributed by atoms with E-state index in [1.807, 2.05) is 24.3 Å². The molecule has 2 aromatic rings. The number of carbonyl (C=O) groups is 1. The summed E-state index contributed by atoms with van der Waals surface area (Å²) < 4.78 is 1.67. The number of likely N-dealkylation sites (tertiary alicyclic amines) is 1. The summed E-state index contributed by atoms with van der Waals surface area (Å²) in [5.41, 5.74) is 1.43. The number of piperidine rings is 1. The molecule has 3 rings (SSSR count). The molecule has 1 saturated heterocycles. The number of nitrogens with one attached hydrogen (secondary N) is 1. The number of benzene rings is 1. The van der Waals surface area contributed by atoms with Crippen LogP contribution in [0.25, 0.3) is 0 Å². The van der Waals surface area contributed by atoms with Crippen LogP contribution in [0.4, 0.5) is 0 Å². The van der Waals surface area contributed by atoms with E-state index in [4.69, 9.17) is 11.6 Å². The number of rotatable bonds is 6. The number of nitrogens with zero attached hydrogens (tertiary/aromatic N) is 4. The molecule has 1 aliphatic rings. The number of amides is 1. The third-order valence-corrected chi connectivity index (χ3v) is 4.74. The maximum Gasteiger partial charge on any atom is 0.273 e. The fourth-order valence-electron chi connectivity index (χ4n) is 3.13. The Labute approximate surface area is 153 Å². The Morgan fingerprint density at radius 2 is 2.00 bits per heavy atom. The van der Waals surface area contributed by atoms with Crippen LogP contribution in [0.15, 0.2) is 30.5 Å². The molecule has 0 spiro atoms. The van der Waals surface area contributed by atoms with E-state index in [-0.39, 0.29) is 11.9 Å². The zero-order chi connectivity index (χ0) is 17.6. The van der Waals surface area contributed by atoms with Crippen LogP contribution in [0, 0.1) is 0 Å². The average molecular weight is 362 g/mol. The van der Waals surface area contributed by atoms with E-state index in [2.05, 4.69) is 27.5 Å². The molecule has 0 atom stereocenters. The second-order valence-corrected chi connectivity index (χ2v) is 6.95. The number of hydrogen-bond donors (Lipinski definition) is 1. The van der Waals surface area contributed by atoms with Crippen molar-refractivity contribution < 1.29 is 4.79 Å². The van der Waals surface area contributed by atoms with Gasteiger partial charge in [0, 0.05) is 24.2 Å². The van der Waals surface area contributed by atoms with E-state index in [0.717, 1.165) is 38.0 Å². The van der Waals surface area contributed by atoms with Gasteiger partial charge in [0.05, 0.1) is 12.7 Å². The van der Waals surface area contributed by atoms with Crippen LogP contribution in [-0.2, 0) is 6.54 Å². The average Bonchev–Trinajstić information content (AvgIpc) is 3.08. The van der Waals surface area contributed by atoms with E-state index >= 15 is 0 Å². The Bertz CT molecular complexity index is 692. The fourth-order valence-corrected chi connectivity index (χ4v) is 3.26. The molecule has 6 nitrogen and oxygen atoms in total. The molecule has 0 saturated carbocycles. The Hall–Kier alpha value is -1.92. The summed E-state index contributed by atoms with van der Waals surface area (Å²) in [6.07, 6.45) is 4.85. The Kier molecular flexibility index (Phi) is 6.04. The molecular formula is C18H24ClN5O. The van der Waals surface area contributed by atoms with Gasteiger partial charge in [-0.1, -0.05) is 35.9 Å². The molecule has 1 N–H and O–H groups in total. The highest BCUT2D eigenvalue weighted by atomic mass is 35.5. The van der Waals surface area contributed by atoms with Crippen LogP contribution in [0.5, 0.6) is 0 Å². The van der Waals surface area contributed by atoms with Gasteiger partial charge in [-0.3, -0.25) is 4.79 Å². The standard InChI is InChI=1S/C18H24ClN5O/c1-2-9-23-10-7-16(8-11-23)20-18(25)17-13-24(22-21-17)12-14-3-5-15(19)6-4-14/h3-6,13,16H,2,7-12H2,1H3,(H,20,25). The van der Waals surface area contributed by atoms with E-state index in [9.17, 15) is 4.79 Å². The number of carbonyl (C=O) groups excluding carboxylic acids is 1. The van der Waals surface area contributed by atoms with Crippen LogP contribution in [0.2, 0.25) is 5.02 Å². The molecule has 1 fully saturated rings. The zero-order valence-electron chi connectivity index (χ0n) is 14.5. The lowest BCUT2D eigenvalue weighted by Gasteiger charge is -2.31. The molecule has 0 aliphatic carbocycles. The largest absolute Gasteiger partial charge is 0.348 e. The first-order chi connectivity index (χ1) is 12.1. The molecular weight excluding hydrogens is 338 g/mol. The summed E-state index contributed by atoms with van der Waals surface area (Å²) >= 11 is 5.89. The first-order valence-electron chi connectivity index (χ1n) is 8.82. The van der Waals surface area contributed by atoms with E-state index in [1.165, 1.54) is 6.42 Å². The van der Waals surface area contributed by atoms with Crippen molar-refractivity contribution in [3.05, 3.63) is 46.7 Å². The van der Waals surface area contributed by atoms with Gasteiger partial charge in [-0.15, -0.1) is 5.10 Å². The Morgan fingerprint density at radius 1 is 1.28 bits per heavy atom. The van der Waals surface area contributed by atoms with Crippen molar-refractivity contribution in [1.82, 2.24) is 25.2 Å². The van der Waals surface area contributed by atoms with Gasteiger partial charge in [0.25, 0.3) is 5.91 Å². The summed E-state index contributed by atoms with van der Waals surface area (Å²) in [7, 11) is 0. The van der Waals surface area contributed by atoms with Crippen LogP contribution in [0.1, 0.15) is 42.2 Å². The Morgan fingerprint density at radius 3 is 2.68 bits per heavy atom. The van der Waals surface area contributed by atoms with Gasteiger partial charge in [-0.05, 0) is 43.5 Å². The molecule has 0 unspecified atom stereocenters. The van der Waals surface area contributed by atoms with Crippen molar-refractivity contribution >= 4 is 17.5 Å². The number of aromatic nitrogens is 3. The normalized spacial score (nSPS) is 16.1. The molecule has 25 heavy (non-hydrogen) atoms. The SMILES string of the molecule is CCCN1CCC(NC(=O)c2cn(Cc3ccc(Cl)cc3)nn2)CC1. The zero-order valence-corrected chi connectivity index (χ0v) is 15.2. The molecule has 1 aromatic heterocycles. The second-order valence-electron chi connectivity index (χ2n) is 6.52. The molecule has 1 amide bonds. The third kappa shape index (κ3) is 5.03. The summed E-state index contributed by atoms with van der Waals surface area (Å²) in [6.45, 7) is 5.98. The van der Waals surface area contributed by atoms with Crippen molar-refractivity contribution in [3.63, 3.8) is 0 Å². The molecule has 1 aromatic carbocycles. The highest BCUT2D eigenvalue weighted by molar-refractivity contribution is 6.30. The van der Waals surface area contributed by atoms with Gasteiger partial charge in [0.1, 0.15) is 0 Å². The smallest absolute Gasteiger partial charge is 0.273 e. The van der Waals surface area contributed by atoms with Gasteiger partial charge in [-0.25, -0.2) is 4.68 Å². The van der Waals surface area contributed by atoms with Gasteiger partial charge in [-0.2, -0.15) is 0 Å². The molecule has 0 radical (unpaired) electrons. The Balaban J connectivity index is 1.51. The first-order valence-corrected chi connectivity index (χ1v) is 9.19. The highest BCUT2D eigenvalue weighted by Crippen LogP contribution is 2.12. The topological polar surface area (TPSA) is 63.1 Å². The van der Waals surface area contributed by atoms with Crippen molar-refractivity contribution in [2.75, 3.05) is 19.6 Å². The molecule has 134 valence electrons. The summed E-state index contributed by atoms with van der Waals surface area (Å²) in [5.74, 6) is -0.142. The minimum absolute atomic E-state index is 0.142. The fraction of sp³-hybridized carbons (Fsp3) is 0.500. The lowest BCUT2D eigenvalue weighted by atomic mass is 10.0. The van der Waals surface area contributed by atoms with Gasteiger partial charge in [0.2, 0.25) is 0 Å². The lowest BCUT2D eigenvalue weighted by Crippen LogP contribution is -2.44. The summed E-state index contributed by atoms with van der Waals surface area (Å²) in [6, 6.07) is 7.78. The van der Waals surface area contributed by atoms with Crippen LogP contribution >= 0.6 is 11.6 Å². The highest BCUT2D eigenvalue weighted by Gasteiger charge is 2.21. The van der Waals surface area contributed by atoms with Crippen molar-refractivity contribution in [3.8, 4) is 0 Å². The second kappa shape index (κ2) is 8.45. The maximum absolute atomic E-state index is 12.4. The quantitative estimate of drug-likeness (QED) is 0.859. The van der Waals surface area contributed by atoms with Crippen molar-refractivity contribution in [2.24, 2.45) is 0 Å². The lowest BCUT2D eigenvalue weighted by molar-refractivity contribution is 0.0906. The first kappa shape index (κ1) is 17.9. The van der Waals surface area contributed by atoms with E-state index < -0.39 is 0 Å². The molecule has 7 heteroatoms. The van der Waals surface area contributed by atoms with Crippen molar-refractivity contribution in [1.29, 1.82) is 0 Å². The molecule has 0 bridgehead atoms. The van der Waals surface area contributed by atoms with Gasteiger partial charge in [0.15, 0.2) is 5.69 Å². The number of halogens is 1. The minimum atomic E-state index is -0.142. The molecule has 2 heterocycles. The van der Waals surface area contributed by atoms with Gasteiger partial charge < -0.3 is 10.2 Å². The van der Waals surface area contributed by atoms with E-state index in [1.54, 1.807) is 10.9 Å².